The van der Waals surface area contributed by atoms with Crippen LogP contribution >= 0.6 is 0 Å². The maximum atomic E-state index is 3.73. The van der Waals surface area contributed by atoms with Gasteiger partial charge in [-0.3, -0.25) is 0 Å². The first-order valence-corrected chi connectivity index (χ1v) is 8.32. The smallest absolute Gasteiger partial charge is 0.0449 e. The van der Waals surface area contributed by atoms with Crippen molar-refractivity contribution < 1.29 is 0 Å². The molecule has 1 aliphatic rings. The monoisotopic (exact) mass is 274 g/mol. The Kier molecular flexibility index (Phi) is 6.55. The van der Waals surface area contributed by atoms with Crippen molar-refractivity contribution in [1.82, 2.24) is 10.2 Å². The standard InChI is InChI=1S/C18H30N2/c1-3-12-19-18(17-10-8-16(2)9-11-17)15-20-13-6-4-5-7-14-20/h8-11,18-19H,3-7,12-15H2,1-2H3. The third-order valence-corrected chi connectivity index (χ3v) is 4.26. The summed E-state index contributed by atoms with van der Waals surface area (Å²) in [6.07, 6.45) is 6.76. The van der Waals surface area contributed by atoms with E-state index in [4.69, 9.17) is 0 Å². The van der Waals surface area contributed by atoms with E-state index in [9.17, 15) is 0 Å². The molecule has 1 heterocycles. The van der Waals surface area contributed by atoms with Gasteiger partial charge in [0.15, 0.2) is 0 Å². The zero-order chi connectivity index (χ0) is 14.2. The summed E-state index contributed by atoms with van der Waals surface area (Å²) in [6, 6.07) is 9.53. The summed E-state index contributed by atoms with van der Waals surface area (Å²) in [7, 11) is 0. The Bertz CT molecular complexity index is 364. The van der Waals surface area contributed by atoms with Crippen molar-refractivity contribution in [3.63, 3.8) is 0 Å². The van der Waals surface area contributed by atoms with Crippen LogP contribution in [0.2, 0.25) is 0 Å². The Labute approximate surface area is 124 Å². The molecule has 1 fully saturated rings. The van der Waals surface area contributed by atoms with Gasteiger partial charge < -0.3 is 10.2 Å². The van der Waals surface area contributed by atoms with E-state index in [1.54, 1.807) is 0 Å². The first-order valence-electron chi connectivity index (χ1n) is 8.32. The Hall–Kier alpha value is -0.860. The van der Waals surface area contributed by atoms with Crippen molar-refractivity contribution in [2.45, 2.75) is 52.0 Å². The van der Waals surface area contributed by atoms with Gasteiger partial charge in [-0.05, 0) is 51.4 Å². The number of nitrogens with one attached hydrogen (secondary N) is 1. The number of rotatable bonds is 6. The lowest BCUT2D eigenvalue weighted by Crippen LogP contribution is -2.36. The molecule has 1 unspecified atom stereocenters. The Morgan fingerprint density at radius 2 is 1.70 bits per heavy atom. The molecule has 0 aromatic heterocycles. The van der Waals surface area contributed by atoms with Gasteiger partial charge in [-0.25, -0.2) is 0 Å². The minimum absolute atomic E-state index is 0.480. The van der Waals surface area contributed by atoms with E-state index in [0.29, 0.717) is 6.04 Å². The van der Waals surface area contributed by atoms with Crippen LogP contribution in [0.4, 0.5) is 0 Å². The maximum Gasteiger partial charge on any atom is 0.0449 e. The average molecular weight is 274 g/mol. The van der Waals surface area contributed by atoms with Gasteiger partial charge in [0.2, 0.25) is 0 Å². The highest BCUT2D eigenvalue weighted by molar-refractivity contribution is 5.24. The van der Waals surface area contributed by atoms with Gasteiger partial charge in [0.1, 0.15) is 0 Å². The molecule has 0 amide bonds. The second-order valence-electron chi connectivity index (χ2n) is 6.13. The second kappa shape index (κ2) is 8.43. The first-order chi connectivity index (χ1) is 9.79. The summed E-state index contributed by atoms with van der Waals surface area (Å²) in [5.74, 6) is 0. The number of nitrogens with zero attached hydrogens (tertiary/aromatic N) is 1. The lowest BCUT2D eigenvalue weighted by molar-refractivity contribution is 0.251. The third-order valence-electron chi connectivity index (χ3n) is 4.26. The molecule has 1 aromatic rings. The van der Waals surface area contributed by atoms with Crippen molar-refractivity contribution in [3.05, 3.63) is 35.4 Å². The van der Waals surface area contributed by atoms with E-state index in [1.807, 2.05) is 0 Å². The maximum absolute atomic E-state index is 3.73. The van der Waals surface area contributed by atoms with Crippen molar-refractivity contribution in [1.29, 1.82) is 0 Å². The predicted octanol–water partition coefficient (Wildman–Crippen LogP) is 3.91. The number of hydrogen-bond acceptors (Lipinski definition) is 2. The lowest BCUT2D eigenvalue weighted by atomic mass is 10.0. The first kappa shape index (κ1) is 15.5. The van der Waals surface area contributed by atoms with Crippen molar-refractivity contribution >= 4 is 0 Å². The summed E-state index contributed by atoms with van der Waals surface area (Å²) in [6.45, 7) is 9.21. The molecule has 0 spiro atoms. The molecule has 2 nitrogen and oxygen atoms in total. The van der Waals surface area contributed by atoms with Gasteiger partial charge in [0, 0.05) is 12.6 Å². The fourth-order valence-corrected chi connectivity index (χ4v) is 2.98. The predicted molar refractivity (Wildman–Crippen MR) is 87.1 cm³/mol. The molecule has 0 aliphatic carbocycles. The molecule has 112 valence electrons. The van der Waals surface area contributed by atoms with Crippen LogP contribution in [0.1, 0.15) is 56.2 Å². The topological polar surface area (TPSA) is 15.3 Å². The molecule has 1 N–H and O–H groups in total. The van der Waals surface area contributed by atoms with E-state index >= 15 is 0 Å². The molecule has 1 aliphatic heterocycles. The normalized spacial score (nSPS) is 18.7. The SMILES string of the molecule is CCCNC(CN1CCCCCC1)c1ccc(C)cc1. The number of aryl methyl sites for hydroxylation is 1. The van der Waals surface area contributed by atoms with Crippen LogP contribution in [-0.2, 0) is 0 Å². The van der Waals surface area contributed by atoms with Crippen molar-refractivity contribution in [2.24, 2.45) is 0 Å². The average Bonchev–Trinajstić information content (AvgIpc) is 2.73. The molecular formula is C18H30N2. The lowest BCUT2D eigenvalue weighted by Gasteiger charge is -2.27. The van der Waals surface area contributed by atoms with E-state index < -0.39 is 0 Å². The highest BCUT2D eigenvalue weighted by Gasteiger charge is 2.16. The van der Waals surface area contributed by atoms with E-state index in [2.05, 4.69) is 48.3 Å². The molecule has 2 heteroatoms. The molecule has 1 saturated heterocycles. The summed E-state index contributed by atoms with van der Waals surface area (Å²) in [5, 5.41) is 3.73. The highest BCUT2D eigenvalue weighted by atomic mass is 15.1. The summed E-state index contributed by atoms with van der Waals surface area (Å²) < 4.78 is 0. The van der Waals surface area contributed by atoms with Gasteiger partial charge in [0.25, 0.3) is 0 Å². The van der Waals surface area contributed by atoms with E-state index in [0.717, 1.165) is 13.1 Å². The van der Waals surface area contributed by atoms with Gasteiger partial charge >= 0.3 is 0 Å². The van der Waals surface area contributed by atoms with Crippen molar-refractivity contribution in [2.75, 3.05) is 26.2 Å². The molecular weight excluding hydrogens is 244 g/mol. The summed E-state index contributed by atoms with van der Waals surface area (Å²) >= 11 is 0. The van der Waals surface area contributed by atoms with E-state index in [-0.39, 0.29) is 0 Å². The van der Waals surface area contributed by atoms with Crippen LogP contribution < -0.4 is 5.32 Å². The summed E-state index contributed by atoms with van der Waals surface area (Å²) in [4.78, 5) is 2.65. The number of hydrogen-bond donors (Lipinski definition) is 1. The highest BCUT2D eigenvalue weighted by Crippen LogP contribution is 2.18. The number of benzene rings is 1. The van der Waals surface area contributed by atoms with Crippen LogP contribution in [0.3, 0.4) is 0 Å². The minimum Gasteiger partial charge on any atom is -0.309 e. The van der Waals surface area contributed by atoms with Crippen molar-refractivity contribution in [3.8, 4) is 0 Å². The van der Waals surface area contributed by atoms with E-state index in [1.165, 1.54) is 56.3 Å². The largest absolute Gasteiger partial charge is 0.309 e. The zero-order valence-corrected chi connectivity index (χ0v) is 13.2. The zero-order valence-electron chi connectivity index (χ0n) is 13.2. The fourth-order valence-electron chi connectivity index (χ4n) is 2.98. The minimum atomic E-state index is 0.480. The van der Waals surface area contributed by atoms with Crippen LogP contribution in [0.5, 0.6) is 0 Å². The fraction of sp³-hybridized carbons (Fsp3) is 0.667. The van der Waals surface area contributed by atoms with Crippen LogP contribution in [0.25, 0.3) is 0 Å². The Balaban J connectivity index is 2.00. The summed E-state index contributed by atoms with van der Waals surface area (Å²) in [5.41, 5.74) is 2.78. The molecule has 20 heavy (non-hydrogen) atoms. The van der Waals surface area contributed by atoms with Crippen LogP contribution in [0, 0.1) is 6.92 Å². The molecule has 1 atom stereocenters. The molecule has 0 radical (unpaired) electrons. The second-order valence-corrected chi connectivity index (χ2v) is 6.13. The van der Waals surface area contributed by atoms with Gasteiger partial charge in [-0.2, -0.15) is 0 Å². The van der Waals surface area contributed by atoms with Gasteiger partial charge in [-0.1, -0.05) is 49.6 Å². The van der Waals surface area contributed by atoms with Gasteiger partial charge in [-0.15, -0.1) is 0 Å². The Morgan fingerprint density at radius 1 is 1.05 bits per heavy atom. The molecule has 2 rings (SSSR count). The van der Waals surface area contributed by atoms with Crippen LogP contribution in [-0.4, -0.2) is 31.1 Å². The molecule has 0 saturated carbocycles. The quantitative estimate of drug-likeness (QED) is 0.846. The Morgan fingerprint density at radius 3 is 2.30 bits per heavy atom. The van der Waals surface area contributed by atoms with Crippen LogP contribution in [0.15, 0.2) is 24.3 Å². The molecule has 0 bridgehead atoms. The third kappa shape index (κ3) is 4.92. The number of likely N-dealkylation sites (tertiary alicyclic amines) is 1. The van der Waals surface area contributed by atoms with Gasteiger partial charge in [0.05, 0.1) is 0 Å². The molecule has 1 aromatic carbocycles.